The van der Waals surface area contributed by atoms with E-state index in [0.717, 1.165) is 60.2 Å². The molecule has 6 aromatic rings. The molecule has 3 aromatic heterocycles. The van der Waals surface area contributed by atoms with Gasteiger partial charge in [-0.05, 0) is 13.8 Å². The molecular formula is C30H24N4S2. The van der Waals surface area contributed by atoms with Crippen LogP contribution < -0.4 is 0 Å². The van der Waals surface area contributed by atoms with Crippen molar-refractivity contribution in [3.8, 4) is 54.5 Å². The van der Waals surface area contributed by atoms with Crippen molar-refractivity contribution in [2.24, 2.45) is 7.05 Å². The molecule has 4 nitrogen and oxygen atoms in total. The van der Waals surface area contributed by atoms with Gasteiger partial charge in [-0.2, -0.15) is 0 Å². The summed E-state index contributed by atoms with van der Waals surface area (Å²) in [5.74, 6) is 0.934. The van der Waals surface area contributed by atoms with Gasteiger partial charge in [0, 0.05) is 28.6 Å². The van der Waals surface area contributed by atoms with Crippen molar-refractivity contribution in [3.63, 3.8) is 0 Å². The van der Waals surface area contributed by atoms with E-state index in [1.165, 1.54) is 4.88 Å². The predicted octanol–water partition coefficient (Wildman–Crippen LogP) is 8.28. The van der Waals surface area contributed by atoms with Crippen LogP contribution in [-0.4, -0.2) is 19.5 Å². The predicted molar refractivity (Wildman–Crippen MR) is 151 cm³/mol. The highest BCUT2D eigenvalue weighted by atomic mass is 32.1. The van der Waals surface area contributed by atoms with E-state index in [9.17, 15) is 0 Å². The number of hydrogen-bond acceptors (Lipinski definition) is 5. The molecule has 0 unspecified atom stereocenters. The first-order chi connectivity index (χ1) is 17.6. The van der Waals surface area contributed by atoms with Gasteiger partial charge in [0.2, 0.25) is 0 Å². The van der Waals surface area contributed by atoms with E-state index in [1.54, 1.807) is 22.7 Å². The maximum atomic E-state index is 5.20. The fourth-order valence-electron chi connectivity index (χ4n) is 4.47. The average molecular weight is 505 g/mol. The number of thiazole rings is 2. The Morgan fingerprint density at radius 3 is 1.67 bits per heavy atom. The maximum absolute atomic E-state index is 5.20. The molecule has 0 saturated carbocycles. The van der Waals surface area contributed by atoms with Gasteiger partial charge < -0.3 is 4.57 Å². The Hall–Kier alpha value is -3.87. The fourth-order valence-corrected chi connectivity index (χ4v) is 6.58. The second-order valence-corrected chi connectivity index (χ2v) is 10.8. The van der Waals surface area contributed by atoms with Crippen LogP contribution in [0, 0.1) is 13.8 Å². The average Bonchev–Trinajstić information content (AvgIpc) is 3.60. The van der Waals surface area contributed by atoms with Gasteiger partial charge in [0.25, 0.3) is 0 Å². The Morgan fingerprint density at radius 1 is 0.583 bits per heavy atom. The summed E-state index contributed by atoms with van der Waals surface area (Å²) in [4.78, 5) is 17.5. The van der Waals surface area contributed by atoms with Crippen LogP contribution in [0.1, 0.15) is 10.6 Å². The highest BCUT2D eigenvalue weighted by Gasteiger charge is 2.25. The summed E-state index contributed by atoms with van der Waals surface area (Å²) >= 11 is 3.42. The Bertz CT molecular complexity index is 1650. The van der Waals surface area contributed by atoms with E-state index in [2.05, 4.69) is 86.1 Å². The standard InChI is InChI=1S/C30H24N4S2/c1-19-26(34(3)28(31-19)21-13-7-4-8-14-21)25-27(36-30(33-25)23-17-11-6-12-18-23)24-20(2)35-29(32-24)22-15-9-5-10-16-22/h4-18H,1-3H3. The lowest BCUT2D eigenvalue weighted by Gasteiger charge is -2.07. The van der Waals surface area contributed by atoms with E-state index in [4.69, 9.17) is 15.0 Å². The van der Waals surface area contributed by atoms with Gasteiger partial charge in [-0.25, -0.2) is 15.0 Å². The van der Waals surface area contributed by atoms with Crippen molar-refractivity contribution in [1.29, 1.82) is 0 Å². The van der Waals surface area contributed by atoms with E-state index in [0.29, 0.717) is 0 Å². The third-order valence-corrected chi connectivity index (χ3v) is 8.34. The Balaban J connectivity index is 1.56. The molecule has 0 saturated heterocycles. The second kappa shape index (κ2) is 9.30. The second-order valence-electron chi connectivity index (χ2n) is 8.65. The van der Waals surface area contributed by atoms with Crippen LogP contribution >= 0.6 is 22.7 Å². The molecule has 176 valence electrons. The number of aryl methyl sites for hydroxylation is 2. The van der Waals surface area contributed by atoms with Gasteiger partial charge >= 0.3 is 0 Å². The SMILES string of the molecule is Cc1nc(-c2ccccc2)n(C)c1-c1nc(-c2ccccc2)sc1-c1nc(-c2ccccc2)sc1C. The summed E-state index contributed by atoms with van der Waals surface area (Å²) < 4.78 is 2.16. The van der Waals surface area contributed by atoms with Crippen molar-refractivity contribution in [2.45, 2.75) is 13.8 Å². The molecule has 0 aliphatic heterocycles. The number of hydrogen-bond donors (Lipinski definition) is 0. The molecule has 3 aromatic carbocycles. The Labute approximate surface area is 218 Å². The number of imidazole rings is 1. The van der Waals surface area contributed by atoms with Crippen LogP contribution in [0.3, 0.4) is 0 Å². The van der Waals surface area contributed by atoms with Gasteiger partial charge in [0.05, 0.1) is 22.0 Å². The minimum atomic E-state index is 0.932. The molecule has 36 heavy (non-hydrogen) atoms. The topological polar surface area (TPSA) is 43.6 Å². The van der Waals surface area contributed by atoms with Gasteiger partial charge in [-0.15, -0.1) is 22.7 Å². The highest BCUT2D eigenvalue weighted by Crippen LogP contribution is 2.45. The lowest BCUT2D eigenvalue weighted by molar-refractivity contribution is 0.929. The third kappa shape index (κ3) is 3.98. The molecule has 0 N–H and O–H groups in total. The molecule has 0 aliphatic carbocycles. The molecule has 0 atom stereocenters. The smallest absolute Gasteiger partial charge is 0.140 e. The third-order valence-electron chi connectivity index (χ3n) is 6.21. The van der Waals surface area contributed by atoms with E-state index in [1.807, 2.05) is 30.3 Å². The zero-order chi connectivity index (χ0) is 24.6. The number of rotatable bonds is 5. The monoisotopic (exact) mass is 504 g/mol. The minimum Gasteiger partial charge on any atom is -0.326 e. The van der Waals surface area contributed by atoms with Crippen molar-refractivity contribution in [1.82, 2.24) is 19.5 Å². The van der Waals surface area contributed by atoms with Crippen LogP contribution in [-0.2, 0) is 7.05 Å². The summed E-state index contributed by atoms with van der Waals surface area (Å²) in [6, 6.07) is 31.1. The number of aromatic nitrogens is 4. The molecule has 0 fully saturated rings. The molecule has 0 amide bonds. The van der Waals surface area contributed by atoms with E-state index < -0.39 is 0 Å². The maximum Gasteiger partial charge on any atom is 0.140 e. The molecule has 0 spiro atoms. The van der Waals surface area contributed by atoms with E-state index in [-0.39, 0.29) is 0 Å². The summed E-state index contributed by atoms with van der Waals surface area (Å²) in [6.07, 6.45) is 0. The first-order valence-corrected chi connectivity index (χ1v) is 13.4. The largest absolute Gasteiger partial charge is 0.326 e. The first kappa shape index (κ1) is 22.6. The summed E-state index contributed by atoms with van der Waals surface area (Å²) in [7, 11) is 2.08. The van der Waals surface area contributed by atoms with Crippen LogP contribution in [0.5, 0.6) is 0 Å². The summed E-state index contributed by atoms with van der Waals surface area (Å²) in [5.41, 5.74) is 7.24. The van der Waals surface area contributed by atoms with Gasteiger partial charge in [0.15, 0.2) is 0 Å². The molecule has 6 rings (SSSR count). The Morgan fingerprint density at radius 2 is 1.08 bits per heavy atom. The summed E-state index contributed by atoms with van der Waals surface area (Å²) in [6.45, 7) is 4.22. The van der Waals surface area contributed by atoms with Gasteiger partial charge in [-0.1, -0.05) is 91.0 Å². The van der Waals surface area contributed by atoms with Gasteiger partial charge in [0.1, 0.15) is 21.5 Å². The molecular weight excluding hydrogens is 480 g/mol. The molecule has 0 aliphatic rings. The van der Waals surface area contributed by atoms with Crippen molar-refractivity contribution >= 4 is 22.7 Å². The molecule has 3 heterocycles. The Kier molecular flexibility index (Phi) is 5.83. The zero-order valence-electron chi connectivity index (χ0n) is 20.3. The van der Waals surface area contributed by atoms with Crippen molar-refractivity contribution in [2.75, 3.05) is 0 Å². The summed E-state index contributed by atoms with van der Waals surface area (Å²) in [5, 5.41) is 2.01. The van der Waals surface area contributed by atoms with Crippen molar-refractivity contribution in [3.05, 3.63) is 102 Å². The highest BCUT2D eigenvalue weighted by molar-refractivity contribution is 7.20. The zero-order valence-corrected chi connectivity index (χ0v) is 21.9. The minimum absolute atomic E-state index is 0.932. The van der Waals surface area contributed by atoms with E-state index >= 15 is 0 Å². The fraction of sp³-hybridized carbons (Fsp3) is 0.100. The lowest BCUT2D eigenvalue weighted by Crippen LogP contribution is -1.97. The molecule has 0 bridgehead atoms. The van der Waals surface area contributed by atoms with Crippen molar-refractivity contribution < 1.29 is 0 Å². The normalized spacial score (nSPS) is 11.2. The van der Waals surface area contributed by atoms with Crippen LogP contribution in [0.4, 0.5) is 0 Å². The van der Waals surface area contributed by atoms with Crippen LogP contribution in [0.15, 0.2) is 91.0 Å². The first-order valence-electron chi connectivity index (χ1n) is 11.8. The number of benzene rings is 3. The van der Waals surface area contributed by atoms with Crippen LogP contribution in [0.25, 0.3) is 54.5 Å². The van der Waals surface area contributed by atoms with Gasteiger partial charge in [-0.3, -0.25) is 0 Å². The van der Waals surface area contributed by atoms with Crippen LogP contribution in [0.2, 0.25) is 0 Å². The molecule has 0 radical (unpaired) electrons. The quantitative estimate of drug-likeness (QED) is 0.237. The molecule has 6 heteroatoms. The lowest BCUT2D eigenvalue weighted by atomic mass is 10.1. The number of nitrogens with zero attached hydrogens (tertiary/aromatic N) is 4.